The zero-order valence-corrected chi connectivity index (χ0v) is 12.9. The van der Waals surface area contributed by atoms with Crippen molar-refractivity contribution in [3.63, 3.8) is 0 Å². The van der Waals surface area contributed by atoms with E-state index in [4.69, 9.17) is 4.74 Å². The van der Waals surface area contributed by atoms with Gasteiger partial charge in [0.05, 0.1) is 11.9 Å². The summed E-state index contributed by atoms with van der Waals surface area (Å²) in [5, 5.41) is 10.5. The SMILES string of the molecule is O=C(CSc1n[nH]c(-c2ccccc2)n1)NC[C@@H]1CCCO1. The highest BCUT2D eigenvalue weighted by molar-refractivity contribution is 7.99. The third-order valence-electron chi connectivity index (χ3n) is 3.40. The lowest BCUT2D eigenvalue weighted by Crippen LogP contribution is -2.32. The average molecular weight is 318 g/mol. The molecule has 1 amide bonds. The number of H-pyrrole nitrogens is 1. The molecule has 2 N–H and O–H groups in total. The molecule has 2 aromatic rings. The Morgan fingerprint density at radius 2 is 2.27 bits per heavy atom. The third-order valence-corrected chi connectivity index (χ3v) is 4.24. The van der Waals surface area contributed by atoms with Gasteiger partial charge in [-0.2, -0.15) is 0 Å². The van der Waals surface area contributed by atoms with Gasteiger partial charge in [-0.15, -0.1) is 5.10 Å². The number of amides is 1. The van der Waals surface area contributed by atoms with Crippen LogP contribution in [0.5, 0.6) is 0 Å². The zero-order chi connectivity index (χ0) is 15.2. The number of nitrogens with zero attached hydrogens (tertiary/aromatic N) is 2. The standard InChI is InChI=1S/C15H18N4O2S/c20-13(16-9-12-7-4-8-21-12)10-22-15-17-14(18-19-15)11-5-2-1-3-6-11/h1-3,5-6,12H,4,7-10H2,(H,16,20)(H,17,18,19)/t12-/m0/s1. The van der Waals surface area contributed by atoms with Gasteiger partial charge in [0.1, 0.15) is 0 Å². The first kappa shape index (κ1) is 15.1. The summed E-state index contributed by atoms with van der Waals surface area (Å²) >= 11 is 1.32. The van der Waals surface area contributed by atoms with Crippen LogP contribution >= 0.6 is 11.8 Å². The van der Waals surface area contributed by atoms with Gasteiger partial charge in [0.15, 0.2) is 5.82 Å². The molecular weight excluding hydrogens is 300 g/mol. The molecule has 0 aliphatic carbocycles. The number of aromatic amines is 1. The largest absolute Gasteiger partial charge is 0.376 e. The second kappa shape index (κ2) is 7.42. The quantitative estimate of drug-likeness (QED) is 0.795. The predicted molar refractivity (Wildman–Crippen MR) is 84.5 cm³/mol. The first-order valence-electron chi connectivity index (χ1n) is 7.30. The molecule has 0 bridgehead atoms. The fourth-order valence-corrected chi connectivity index (χ4v) is 2.88. The number of carbonyl (C=O) groups excluding carboxylic acids is 1. The second-order valence-corrected chi connectivity index (χ2v) is 6.00. The normalized spacial score (nSPS) is 17.5. The number of benzene rings is 1. The van der Waals surface area contributed by atoms with E-state index in [1.54, 1.807) is 0 Å². The third kappa shape index (κ3) is 4.08. The van der Waals surface area contributed by atoms with Crippen molar-refractivity contribution in [1.82, 2.24) is 20.5 Å². The van der Waals surface area contributed by atoms with E-state index in [0.717, 1.165) is 25.0 Å². The van der Waals surface area contributed by atoms with Crippen LogP contribution in [0, 0.1) is 0 Å². The monoisotopic (exact) mass is 318 g/mol. The molecule has 1 aliphatic rings. The summed E-state index contributed by atoms with van der Waals surface area (Å²) in [6, 6.07) is 9.77. The Kier molecular flexibility index (Phi) is 5.07. The Hall–Kier alpha value is -1.86. The predicted octanol–water partition coefficient (Wildman–Crippen LogP) is 1.86. The van der Waals surface area contributed by atoms with Crippen LogP contribution in [0.25, 0.3) is 11.4 Å². The summed E-state index contributed by atoms with van der Waals surface area (Å²) in [5.41, 5.74) is 0.977. The van der Waals surface area contributed by atoms with E-state index in [-0.39, 0.29) is 12.0 Å². The van der Waals surface area contributed by atoms with Crippen molar-refractivity contribution >= 4 is 17.7 Å². The van der Waals surface area contributed by atoms with Gasteiger partial charge >= 0.3 is 0 Å². The summed E-state index contributed by atoms with van der Waals surface area (Å²) in [7, 11) is 0. The Bertz CT molecular complexity index is 611. The average Bonchev–Trinajstić information content (AvgIpc) is 3.23. The lowest BCUT2D eigenvalue weighted by Gasteiger charge is -2.09. The van der Waals surface area contributed by atoms with Gasteiger partial charge in [-0.3, -0.25) is 9.89 Å². The van der Waals surface area contributed by atoms with Crippen molar-refractivity contribution in [3.8, 4) is 11.4 Å². The summed E-state index contributed by atoms with van der Waals surface area (Å²) in [5.74, 6) is 0.994. The number of nitrogens with one attached hydrogen (secondary N) is 2. The first-order chi connectivity index (χ1) is 10.8. The maximum absolute atomic E-state index is 11.8. The Morgan fingerprint density at radius 1 is 1.41 bits per heavy atom. The minimum atomic E-state index is -0.0217. The van der Waals surface area contributed by atoms with Crippen molar-refractivity contribution in [2.45, 2.75) is 24.1 Å². The van der Waals surface area contributed by atoms with Crippen LogP contribution in [0.3, 0.4) is 0 Å². The summed E-state index contributed by atoms with van der Waals surface area (Å²) in [6.45, 7) is 1.39. The lowest BCUT2D eigenvalue weighted by molar-refractivity contribution is -0.119. The van der Waals surface area contributed by atoms with E-state index in [2.05, 4.69) is 20.5 Å². The molecule has 6 nitrogen and oxygen atoms in total. The maximum atomic E-state index is 11.8. The van der Waals surface area contributed by atoms with Crippen molar-refractivity contribution in [2.24, 2.45) is 0 Å². The molecule has 7 heteroatoms. The van der Waals surface area contributed by atoms with Crippen molar-refractivity contribution < 1.29 is 9.53 Å². The number of aromatic nitrogens is 3. The highest BCUT2D eigenvalue weighted by atomic mass is 32.2. The number of carbonyl (C=O) groups is 1. The molecule has 1 fully saturated rings. The summed E-state index contributed by atoms with van der Waals surface area (Å²) < 4.78 is 5.47. The molecule has 0 saturated carbocycles. The van der Waals surface area contributed by atoms with Gasteiger partial charge in [0.25, 0.3) is 0 Å². The number of ether oxygens (including phenoxy) is 1. The Balaban J connectivity index is 1.45. The Morgan fingerprint density at radius 3 is 3.05 bits per heavy atom. The number of thioether (sulfide) groups is 1. The second-order valence-electron chi connectivity index (χ2n) is 5.06. The summed E-state index contributed by atoms with van der Waals surface area (Å²) in [4.78, 5) is 16.2. The van der Waals surface area contributed by atoms with Crippen LogP contribution in [-0.4, -0.2) is 46.1 Å². The molecule has 3 rings (SSSR count). The van der Waals surface area contributed by atoms with E-state index >= 15 is 0 Å². The van der Waals surface area contributed by atoms with E-state index in [1.807, 2.05) is 30.3 Å². The highest BCUT2D eigenvalue weighted by Gasteiger charge is 2.16. The number of hydrogen-bond donors (Lipinski definition) is 2. The first-order valence-corrected chi connectivity index (χ1v) is 8.29. The van der Waals surface area contributed by atoms with Gasteiger partial charge in [0.2, 0.25) is 11.1 Å². The smallest absolute Gasteiger partial charge is 0.230 e. The maximum Gasteiger partial charge on any atom is 0.230 e. The van der Waals surface area contributed by atoms with Crippen LogP contribution < -0.4 is 5.32 Å². The fourth-order valence-electron chi connectivity index (χ4n) is 2.25. The molecule has 0 unspecified atom stereocenters. The molecule has 1 aromatic carbocycles. The van der Waals surface area contributed by atoms with E-state index in [0.29, 0.717) is 23.3 Å². The molecule has 0 radical (unpaired) electrons. The fraction of sp³-hybridized carbons (Fsp3) is 0.400. The van der Waals surface area contributed by atoms with Gasteiger partial charge in [-0.1, -0.05) is 42.1 Å². The molecule has 2 heterocycles. The number of rotatable bonds is 6. The molecule has 0 spiro atoms. The molecule has 1 aliphatic heterocycles. The minimum Gasteiger partial charge on any atom is -0.376 e. The zero-order valence-electron chi connectivity index (χ0n) is 12.1. The van der Waals surface area contributed by atoms with Crippen molar-refractivity contribution in [3.05, 3.63) is 30.3 Å². The number of hydrogen-bond acceptors (Lipinski definition) is 5. The molecule has 1 aromatic heterocycles. The molecule has 116 valence electrons. The van der Waals surface area contributed by atoms with E-state index in [1.165, 1.54) is 11.8 Å². The summed E-state index contributed by atoms with van der Waals surface area (Å²) in [6.07, 6.45) is 2.27. The molecular formula is C15H18N4O2S. The van der Waals surface area contributed by atoms with Crippen molar-refractivity contribution in [2.75, 3.05) is 18.9 Å². The van der Waals surface area contributed by atoms with Crippen molar-refractivity contribution in [1.29, 1.82) is 0 Å². The van der Waals surface area contributed by atoms with Gasteiger partial charge in [0, 0.05) is 18.7 Å². The van der Waals surface area contributed by atoms with Gasteiger partial charge in [-0.25, -0.2) is 4.98 Å². The Labute approximate surface area is 133 Å². The topological polar surface area (TPSA) is 79.9 Å². The highest BCUT2D eigenvalue weighted by Crippen LogP contribution is 2.18. The van der Waals surface area contributed by atoms with Gasteiger partial charge < -0.3 is 10.1 Å². The molecule has 22 heavy (non-hydrogen) atoms. The van der Waals surface area contributed by atoms with Crippen LogP contribution in [0.2, 0.25) is 0 Å². The molecule has 1 atom stereocenters. The van der Waals surface area contributed by atoms with Crippen LogP contribution in [0.1, 0.15) is 12.8 Å². The van der Waals surface area contributed by atoms with Gasteiger partial charge in [-0.05, 0) is 12.8 Å². The van der Waals surface area contributed by atoms with E-state index in [9.17, 15) is 4.79 Å². The lowest BCUT2D eigenvalue weighted by atomic mass is 10.2. The minimum absolute atomic E-state index is 0.0217. The van der Waals surface area contributed by atoms with E-state index < -0.39 is 0 Å². The van der Waals surface area contributed by atoms with Crippen LogP contribution in [0.4, 0.5) is 0 Å². The van der Waals surface area contributed by atoms with Crippen LogP contribution in [-0.2, 0) is 9.53 Å². The molecule has 1 saturated heterocycles. The van der Waals surface area contributed by atoms with Crippen LogP contribution in [0.15, 0.2) is 35.5 Å².